The molecule has 0 aliphatic heterocycles. The summed E-state index contributed by atoms with van der Waals surface area (Å²) in [5, 5.41) is 0. The van der Waals surface area contributed by atoms with E-state index in [9.17, 15) is 4.79 Å². The Morgan fingerprint density at radius 1 is 0.917 bits per heavy atom. The van der Waals surface area contributed by atoms with Gasteiger partial charge >= 0.3 is 0 Å². The maximum Gasteiger partial charge on any atom is 0.178 e. The largest absolute Gasteiger partial charge is 0.290 e. The van der Waals surface area contributed by atoms with Crippen LogP contribution < -0.4 is 0 Å². The van der Waals surface area contributed by atoms with Gasteiger partial charge < -0.3 is 0 Å². The topological polar surface area (TPSA) is 17.1 Å². The Morgan fingerprint density at radius 3 is 1.50 bits per heavy atom. The van der Waals surface area contributed by atoms with Gasteiger partial charge in [0, 0.05) is 0 Å². The van der Waals surface area contributed by atoms with Crippen LogP contribution in [0.2, 0.25) is 0 Å². The molecule has 1 heteroatoms. The molecule has 0 spiro atoms. The number of rotatable bonds is 4. The van der Waals surface area contributed by atoms with E-state index in [1.807, 2.05) is 12.2 Å². The molecule has 0 aromatic rings. The molecule has 0 aliphatic rings. The highest BCUT2D eigenvalue weighted by Crippen LogP contribution is 1.96. The SMILES string of the molecule is CC(C)/C=C/C(=O)/C=C/C(C)C. The molecule has 0 rings (SSSR count). The van der Waals surface area contributed by atoms with Gasteiger partial charge in [0.15, 0.2) is 5.78 Å². The van der Waals surface area contributed by atoms with Gasteiger partial charge in [0.2, 0.25) is 0 Å². The highest BCUT2D eigenvalue weighted by molar-refractivity contribution is 5.99. The van der Waals surface area contributed by atoms with Crippen LogP contribution >= 0.6 is 0 Å². The van der Waals surface area contributed by atoms with Crippen LogP contribution in [-0.4, -0.2) is 5.78 Å². The van der Waals surface area contributed by atoms with E-state index in [0.717, 1.165) is 0 Å². The molecule has 0 aromatic heterocycles. The summed E-state index contributed by atoms with van der Waals surface area (Å²) < 4.78 is 0. The fraction of sp³-hybridized carbons (Fsp3) is 0.545. The summed E-state index contributed by atoms with van der Waals surface area (Å²) in [6.45, 7) is 8.21. The molecular weight excluding hydrogens is 148 g/mol. The van der Waals surface area contributed by atoms with Crippen LogP contribution in [0.4, 0.5) is 0 Å². The predicted octanol–water partition coefficient (Wildman–Crippen LogP) is 2.98. The Bertz CT molecular complexity index is 165. The van der Waals surface area contributed by atoms with Crippen molar-refractivity contribution in [1.82, 2.24) is 0 Å². The first-order valence-electron chi connectivity index (χ1n) is 4.42. The van der Waals surface area contributed by atoms with Crippen LogP contribution in [0.15, 0.2) is 24.3 Å². The summed E-state index contributed by atoms with van der Waals surface area (Å²) >= 11 is 0. The fourth-order valence-corrected chi connectivity index (χ4v) is 0.630. The van der Waals surface area contributed by atoms with Gasteiger partial charge in [-0.3, -0.25) is 4.79 Å². The van der Waals surface area contributed by atoms with Crippen molar-refractivity contribution in [3.05, 3.63) is 24.3 Å². The van der Waals surface area contributed by atoms with Crippen molar-refractivity contribution in [3.63, 3.8) is 0 Å². The van der Waals surface area contributed by atoms with E-state index in [0.29, 0.717) is 11.8 Å². The number of hydrogen-bond acceptors (Lipinski definition) is 1. The molecule has 12 heavy (non-hydrogen) atoms. The Labute approximate surface area is 75.2 Å². The molecular formula is C11H18O. The van der Waals surface area contributed by atoms with Gasteiger partial charge in [0.25, 0.3) is 0 Å². The Morgan fingerprint density at radius 2 is 1.25 bits per heavy atom. The molecule has 0 aromatic carbocycles. The van der Waals surface area contributed by atoms with Gasteiger partial charge in [0.05, 0.1) is 0 Å². The number of carbonyl (C=O) groups is 1. The van der Waals surface area contributed by atoms with E-state index in [1.165, 1.54) is 0 Å². The molecule has 0 aliphatic carbocycles. The third kappa shape index (κ3) is 7.26. The van der Waals surface area contributed by atoms with Crippen LogP contribution in [-0.2, 0) is 4.79 Å². The highest BCUT2D eigenvalue weighted by Gasteiger charge is 1.91. The van der Waals surface area contributed by atoms with Crippen LogP contribution in [0, 0.1) is 11.8 Å². The lowest BCUT2D eigenvalue weighted by molar-refractivity contribution is -0.110. The van der Waals surface area contributed by atoms with Crippen molar-refractivity contribution >= 4 is 5.78 Å². The molecule has 0 amide bonds. The first-order valence-corrected chi connectivity index (χ1v) is 4.42. The van der Waals surface area contributed by atoms with E-state index < -0.39 is 0 Å². The minimum Gasteiger partial charge on any atom is -0.290 e. The minimum absolute atomic E-state index is 0.0809. The van der Waals surface area contributed by atoms with Crippen molar-refractivity contribution in [2.75, 3.05) is 0 Å². The summed E-state index contributed by atoms with van der Waals surface area (Å²) in [6, 6.07) is 0. The predicted molar refractivity (Wildman–Crippen MR) is 53.0 cm³/mol. The molecule has 0 N–H and O–H groups in total. The minimum atomic E-state index is 0.0809. The zero-order chi connectivity index (χ0) is 9.56. The summed E-state index contributed by atoms with van der Waals surface area (Å²) in [4.78, 5) is 11.1. The molecule has 0 fully saturated rings. The number of allylic oxidation sites excluding steroid dienone is 4. The van der Waals surface area contributed by atoms with Crippen molar-refractivity contribution in [1.29, 1.82) is 0 Å². The summed E-state index contributed by atoms with van der Waals surface area (Å²) in [5.74, 6) is 0.972. The first kappa shape index (κ1) is 11.2. The molecule has 0 heterocycles. The molecule has 0 radical (unpaired) electrons. The van der Waals surface area contributed by atoms with E-state index in [2.05, 4.69) is 27.7 Å². The maximum absolute atomic E-state index is 11.1. The summed E-state index contributed by atoms with van der Waals surface area (Å²) in [7, 11) is 0. The molecule has 0 atom stereocenters. The first-order chi connectivity index (χ1) is 5.52. The maximum atomic E-state index is 11.1. The van der Waals surface area contributed by atoms with Crippen molar-refractivity contribution in [2.24, 2.45) is 11.8 Å². The van der Waals surface area contributed by atoms with E-state index in [-0.39, 0.29) is 5.78 Å². The number of hydrogen-bond donors (Lipinski definition) is 0. The average molecular weight is 166 g/mol. The zero-order valence-corrected chi connectivity index (χ0v) is 8.37. The fourth-order valence-electron chi connectivity index (χ4n) is 0.630. The Balaban J connectivity index is 3.90. The summed E-state index contributed by atoms with van der Waals surface area (Å²) in [5.41, 5.74) is 0. The quantitative estimate of drug-likeness (QED) is 0.587. The van der Waals surface area contributed by atoms with Crippen LogP contribution in [0.1, 0.15) is 27.7 Å². The lowest BCUT2D eigenvalue weighted by atomic mass is 10.1. The molecule has 0 saturated heterocycles. The molecule has 0 saturated carbocycles. The van der Waals surface area contributed by atoms with E-state index in [1.54, 1.807) is 12.2 Å². The van der Waals surface area contributed by atoms with Gasteiger partial charge in [-0.2, -0.15) is 0 Å². The normalized spacial score (nSPS) is 12.5. The third-order valence-corrected chi connectivity index (χ3v) is 1.29. The lowest BCUT2D eigenvalue weighted by Gasteiger charge is -1.92. The highest BCUT2D eigenvalue weighted by atomic mass is 16.1. The van der Waals surface area contributed by atoms with Gasteiger partial charge in [-0.15, -0.1) is 0 Å². The second-order valence-corrected chi connectivity index (χ2v) is 3.61. The average Bonchev–Trinajstić information content (AvgIpc) is 1.96. The zero-order valence-electron chi connectivity index (χ0n) is 8.37. The monoisotopic (exact) mass is 166 g/mol. The molecule has 0 unspecified atom stereocenters. The van der Waals surface area contributed by atoms with Crippen LogP contribution in [0.3, 0.4) is 0 Å². The van der Waals surface area contributed by atoms with Crippen molar-refractivity contribution < 1.29 is 4.79 Å². The Hall–Kier alpha value is -0.850. The second kappa shape index (κ2) is 5.76. The smallest absolute Gasteiger partial charge is 0.178 e. The van der Waals surface area contributed by atoms with Gasteiger partial charge in [-0.05, 0) is 24.0 Å². The van der Waals surface area contributed by atoms with Gasteiger partial charge in [0.1, 0.15) is 0 Å². The molecule has 1 nitrogen and oxygen atoms in total. The summed E-state index contributed by atoms with van der Waals surface area (Å²) in [6.07, 6.45) is 7.08. The van der Waals surface area contributed by atoms with Crippen LogP contribution in [0.25, 0.3) is 0 Å². The van der Waals surface area contributed by atoms with Gasteiger partial charge in [-0.1, -0.05) is 39.8 Å². The number of ketones is 1. The molecule has 0 bridgehead atoms. The number of carbonyl (C=O) groups excluding carboxylic acids is 1. The van der Waals surface area contributed by atoms with Crippen LogP contribution in [0.5, 0.6) is 0 Å². The van der Waals surface area contributed by atoms with Crippen molar-refractivity contribution in [2.45, 2.75) is 27.7 Å². The van der Waals surface area contributed by atoms with E-state index in [4.69, 9.17) is 0 Å². The van der Waals surface area contributed by atoms with Gasteiger partial charge in [-0.25, -0.2) is 0 Å². The Kier molecular flexibility index (Phi) is 5.35. The standard InChI is InChI=1S/C11H18O/c1-9(2)5-7-11(12)8-6-10(3)4/h5-10H,1-4H3/b7-5+,8-6+. The van der Waals surface area contributed by atoms with Crippen molar-refractivity contribution in [3.8, 4) is 0 Å². The molecule has 68 valence electrons. The second-order valence-electron chi connectivity index (χ2n) is 3.61. The lowest BCUT2D eigenvalue weighted by Crippen LogP contribution is -1.89. The van der Waals surface area contributed by atoms with E-state index >= 15 is 0 Å². The third-order valence-electron chi connectivity index (χ3n) is 1.29.